The van der Waals surface area contributed by atoms with Crippen LogP contribution in [0.25, 0.3) is 10.9 Å². The van der Waals surface area contributed by atoms with E-state index in [0.717, 1.165) is 36.0 Å². The van der Waals surface area contributed by atoms with E-state index in [1.54, 1.807) is 0 Å². The minimum atomic E-state index is -0.560. The van der Waals surface area contributed by atoms with E-state index in [4.69, 9.17) is 4.74 Å². The number of ether oxygens (including phenoxy) is 1. The number of carbonyl (C=O) groups is 2. The molecule has 0 radical (unpaired) electrons. The van der Waals surface area contributed by atoms with E-state index < -0.39 is 11.7 Å². The second-order valence-corrected chi connectivity index (χ2v) is 5.71. The average Bonchev–Trinajstić information content (AvgIpc) is 3.13. The number of fused-ring (bicyclic) bond motifs is 1. The molecule has 1 saturated heterocycles. The predicted molar refractivity (Wildman–Crippen MR) is 84.0 cm³/mol. The molecule has 2 aromatic rings. The van der Waals surface area contributed by atoms with Gasteiger partial charge >= 0.3 is 0 Å². The molecule has 0 bridgehead atoms. The van der Waals surface area contributed by atoms with Gasteiger partial charge in [0, 0.05) is 36.8 Å². The average molecular weight is 300 g/mol. The van der Waals surface area contributed by atoms with E-state index >= 15 is 0 Å². The van der Waals surface area contributed by atoms with Gasteiger partial charge in [-0.25, -0.2) is 0 Å². The first-order valence-electron chi connectivity index (χ1n) is 7.57. The van der Waals surface area contributed by atoms with Crippen molar-refractivity contribution in [2.75, 3.05) is 13.2 Å². The highest BCUT2D eigenvalue weighted by atomic mass is 16.5. The highest BCUT2D eigenvalue weighted by Crippen LogP contribution is 2.25. The first-order valence-corrected chi connectivity index (χ1v) is 7.57. The fourth-order valence-corrected chi connectivity index (χ4v) is 3.01. The molecule has 116 valence electrons. The molecule has 5 nitrogen and oxygen atoms in total. The Labute approximate surface area is 129 Å². The second kappa shape index (κ2) is 5.93. The standard InChI is InChI=1S/C17H20N2O3/c1-11-15(13-7-3-4-8-14(13)19(11)2)16(20)17(21)18-10-12-6-5-9-22-12/h3-4,7-8,12H,5-6,9-10H2,1-2H3,(H,18,21). The summed E-state index contributed by atoms with van der Waals surface area (Å²) in [5, 5.41) is 3.52. The number of hydrogen-bond acceptors (Lipinski definition) is 3. The summed E-state index contributed by atoms with van der Waals surface area (Å²) >= 11 is 0. The maximum Gasteiger partial charge on any atom is 0.292 e. The summed E-state index contributed by atoms with van der Waals surface area (Å²) in [6.45, 7) is 2.99. The molecule has 1 aliphatic heterocycles. The normalized spacial score (nSPS) is 17.8. The second-order valence-electron chi connectivity index (χ2n) is 5.71. The molecule has 1 aromatic heterocycles. The van der Waals surface area contributed by atoms with Crippen LogP contribution in [0.5, 0.6) is 0 Å². The van der Waals surface area contributed by atoms with Crippen LogP contribution in [-0.2, 0) is 16.6 Å². The Kier molecular flexibility index (Phi) is 3.98. The lowest BCUT2D eigenvalue weighted by Crippen LogP contribution is -2.36. The molecule has 1 amide bonds. The van der Waals surface area contributed by atoms with Crippen molar-refractivity contribution in [3.63, 3.8) is 0 Å². The largest absolute Gasteiger partial charge is 0.376 e. The van der Waals surface area contributed by atoms with Crippen molar-refractivity contribution in [1.29, 1.82) is 0 Å². The summed E-state index contributed by atoms with van der Waals surface area (Å²) in [5.41, 5.74) is 2.25. The lowest BCUT2D eigenvalue weighted by Gasteiger charge is -2.10. The summed E-state index contributed by atoms with van der Waals surface area (Å²) in [6, 6.07) is 7.63. The number of para-hydroxylation sites is 1. The number of aromatic nitrogens is 1. The van der Waals surface area contributed by atoms with E-state index in [1.165, 1.54) is 0 Å². The van der Waals surface area contributed by atoms with Gasteiger partial charge in [-0.3, -0.25) is 9.59 Å². The molecule has 1 unspecified atom stereocenters. The zero-order chi connectivity index (χ0) is 15.7. The number of amides is 1. The number of benzene rings is 1. The number of Topliss-reactive ketones (excluding diaryl/α,β-unsaturated/α-hetero) is 1. The summed E-state index contributed by atoms with van der Waals surface area (Å²) in [6.07, 6.45) is 1.98. The molecule has 1 fully saturated rings. The van der Waals surface area contributed by atoms with Crippen molar-refractivity contribution < 1.29 is 14.3 Å². The van der Waals surface area contributed by atoms with Gasteiger partial charge in [0.1, 0.15) is 0 Å². The van der Waals surface area contributed by atoms with E-state index in [0.29, 0.717) is 12.1 Å². The van der Waals surface area contributed by atoms with E-state index in [9.17, 15) is 9.59 Å². The van der Waals surface area contributed by atoms with Crippen LogP contribution in [0.4, 0.5) is 0 Å². The van der Waals surface area contributed by atoms with Crippen LogP contribution < -0.4 is 5.32 Å². The maximum atomic E-state index is 12.5. The van der Waals surface area contributed by atoms with Gasteiger partial charge < -0.3 is 14.6 Å². The van der Waals surface area contributed by atoms with Gasteiger partial charge in [-0.05, 0) is 25.8 Å². The van der Waals surface area contributed by atoms with E-state index in [2.05, 4.69) is 5.32 Å². The van der Waals surface area contributed by atoms with Crippen molar-refractivity contribution in [2.24, 2.45) is 7.05 Å². The van der Waals surface area contributed by atoms with Gasteiger partial charge in [0.25, 0.3) is 11.7 Å². The molecule has 1 N–H and O–H groups in total. The Hall–Kier alpha value is -2.14. The smallest absolute Gasteiger partial charge is 0.292 e. The van der Waals surface area contributed by atoms with Crippen molar-refractivity contribution in [3.05, 3.63) is 35.5 Å². The lowest BCUT2D eigenvalue weighted by molar-refractivity contribution is -0.117. The summed E-state index contributed by atoms with van der Waals surface area (Å²) in [5.74, 6) is -1.04. The van der Waals surface area contributed by atoms with Gasteiger partial charge in [-0.15, -0.1) is 0 Å². The van der Waals surface area contributed by atoms with Crippen molar-refractivity contribution in [1.82, 2.24) is 9.88 Å². The van der Waals surface area contributed by atoms with Crippen LogP contribution >= 0.6 is 0 Å². The van der Waals surface area contributed by atoms with Gasteiger partial charge in [-0.2, -0.15) is 0 Å². The first-order chi connectivity index (χ1) is 10.6. The van der Waals surface area contributed by atoms with Gasteiger partial charge in [-0.1, -0.05) is 18.2 Å². The molecule has 1 aromatic carbocycles. The minimum Gasteiger partial charge on any atom is -0.376 e. The predicted octanol–water partition coefficient (Wildman–Crippen LogP) is 1.96. The molecule has 1 aliphatic rings. The molecular formula is C17H20N2O3. The number of rotatable bonds is 4. The molecule has 0 saturated carbocycles. The molecule has 0 spiro atoms. The van der Waals surface area contributed by atoms with Crippen molar-refractivity contribution >= 4 is 22.6 Å². The molecule has 22 heavy (non-hydrogen) atoms. The summed E-state index contributed by atoms with van der Waals surface area (Å²) in [7, 11) is 1.90. The van der Waals surface area contributed by atoms with Crippen LogP contribution in [0.3, 0.4) is 0 Å². The Morgan fingerprint density at radius 3 is 2.86 bits per heavy atom. The van der Waals surface area contributed by atoms with Crippen molar-refractivity contribution in [2.45, 2.75) is 25.9 Å². The topological polar surface area (TPSA) is 60.3 Å². The van der Waals surface area contributed by atoms with Crippen molar-refractivity contribution in [3.8, 4) is 0 Å². The molecule has 0 aliphatic carbocycles. The quantitative estimate of drug-likeness (QED) is 0.693. The van der Waals surface area contributed by atoms with Gasteiger partial charge in [0.05, 0.1) is 11.7 Å². The van der Waals surface area contributed by atoms with Crippen LogP contribution in [-0.4, -0.2) is 35.5 Å². The molecule has 3 rings (SSSR count). The molecule has 5 heteroatoms. The zero-order valence-corrected chi connectivity index (χ0v) is 12.9. The number of aryl methyl sites for hydroxylation is 1. The molecule has 1 atom stereocenters. The number of ketones is 1. The number of hydrogen-bond donors (Lipinski definition) is 1. The molecular weight excluding hydrogens is 280 g/mol. The maximum absolute atomic E-state index is 12.5. The zero-order valence-electron chi connectivity index (χ0n) is 12.9. The Morgan fingerprint density at radius 2 is 2.14 bits per heavy atom. The highest BCUT2D eigenvalue weighted by Gasteiger charge is 2.25. The minimum absolute atomic E-state index is 0.0327. The Balaban J connectivity index is 1.82. The summed E-state index contributed by atoms with van der Waals surface area (Å²) < 4.78 is 7.40. The van der Waals surface area contributed by atoms with Gasteiger partial charge in [0.2, 0.25) is 0 Å². The van der Waals surface area contributed by atoms with Crippen LogP contribution in [0.1, 0.15) is 28.9 Å². The lowest BCUT2D eigenvalue weighted by atomic mass is 10.1. The van der Waals surface area contributed by atoms with Crippen LogP contribution in [0.2, 0.25) is 0 Å². The fourth-order valence-electron chi connectivity index (χ4n) is 3.01. The number of carbonyl (C=O) groups excluding carboxylic acids is 2. The van der Waals surface area contributed by atoms with Gasteiger partial charge in [0.15, 0.2) is 0 Å². The fraction of sp³-hybridized carbons (Fsp3) is 0.412. The third kappa shape index (κ3) is 2.52. The highest BCUT2D eigenvalue weighted by molar-refractivity contribution is 6.45. The van der Waals surface area contributed by atoms with E-state index in [1.807, 2.05) is 42.8 Å². The van der Waals surface area contributed by atoms with E-state index in [-0.39, 0.29) is 6.10 Å². The third-order valence-corrected chi connectivity index (χ3v) is 4.35. The first kappa shape index (κ1) is 14.8. The third-order valence-electron chi connectivity index (χ3n) is 4.35. The van der Waals surface area contributed by atoms with Crippen LogP contribution in [0, 0.1) is 6.92 Å². The summed E-state index contributed by atoms with van der Waals surface area (Å²) in [4.78, 5) is 24.7. The SMILES string of the molecule is Cc1c(C(=O)C(=O)NCC2CCCO2)c2ccccc2n1C. The Morgan fingerprint density at radius 1 is 1.36 bits per heavy atom. The Bertz CT molecular complexity index is 727. The molecule has 2 heterocycles. The monoisotopic (exact) mass is 300 g/mol. The van der Waals surface area contributed by atoms with Crippen LogP contribution in [0.15, 0.2) is 24.3 Å². The number of nitrogens with one attached hydrogen (secondary N) is 1. The number of nitrogens with zero attached hydrogens (tertiary/aromatic N) is 1.